The van der Waals surface area contributed by atoms with E-state index in [9.17, 15) is 4.79 Å². The van der Waals surface area contributed by atoms with Crippen LogP contribution in [0, 0.1) is 0 Å². The van der Waals surface area contributed by atoms with Gasteiger partial charge in [0.05, 0.1) is 6.42 Å². The van der Waals surface area contributed by atoms with Gasteiger partial charge in [-0.25, -0.2) is 0 Å². The molecule has 2 rings (SSSR count). The van der Waals surface area contributed by atoms with E-state index in [0.29, 0.717) is 15.6 Å². The first-order valence-corrected chi connectivity index (χ1v) is 8.08. The van der Waals surface area contributed by atoms with Gasteiger partial charge in [0.25, 0.3) is 0 Å². The summed E-state index contributed by atoms with van der Waals surface area (Å²) in [5.41, 5.74) is 1.95. The first-order valence-electron chi connectivity index (χ1n) is 7.32. The molecule has 2 nitrogen and oxygen atoms in total. The van der Waals surface area contributed by atoms with E-state index in [-0.39, 0.29) is 18.4 Å². The number of amides is 1. The lowest BCUT2D eigenvalue weighted by Crippen LogP contribution is -2.34. The van der Waals surface area contributed by atoms with Crippen molar-refractivity contribution in [2.45, 2.75) is 32.2 Å². The molecule has 1 unspecified atom stereocenters. The lowest BCUT2D eigenvalue weighted by Gasteiger charge is -2.14. The van der Waals surface area contributed by atoms with Gasteiger partial charge in [0.2, 0.25) is 5.91 Å². The summed E-state index contributed by atoms with van der Waals surface area (Å²) in [5.74, 6) is -0.0597. The van der Waals surface area contributed by atoms with Gasteiger partial charge in [-0.15, -0.1) is 0 Å². The van der Waals surface area contributed by atoms with Gasteiger partial charge in [-0.3, -0.25) is 4.79 Å². The smallest absolute Gasteiger partial charge is 0.224 e. The highest BCUT2D eigenvalue weighted by molar-refractivity contribution is 6.36. The molecule has 0 aliphatic heterocycles. The molecule has 22 heavy (non-hydrogen) atoms. The molecule has 0 saturated carbocycles. The van der Waals surface area contributed by atoms with Crippen LogP contribution in [0.5, 0.6) is 0 Å². The molecule has 0 saturated heterocycles. The normalized spacial score (nSPS) is 12.0. The molecule has 0 aliphatic rings. The lowest BCUT2D eigenvalue weighted by atomic mass is 10.1. The van der Waals surface area contributed by atoms with Gasteiger partial charge in [-0.2, -0.15) is 0 Å². The van der Waals surface area contributed by atoms with Gasteiger partial charge in [-0.05, 0) is 43.0 Å². The predicted molar refractivity (Wildman–Crippen MR) is 92.5 cm³/mol. The zero-order valence-corrected chi connectivity index (χ0v) is 14.0. The molecule has 1 amide bonds. The highest BCUT2D eigenvalue weighted by atomic mass is 35.5. The number of aryl methyl sites for hydroxylation is 1. The summed E-state index contributed by atoms with van der Waals surface area (Å²) in [6, 6.07) is 15.6. The summed E-state index contributed by atoms with van der Waals surface area (Å²) in [4.78, 5) is 12.1. The molecule has 0 spiro atoms. The number of rotatable bonds is 6. The molecule has 2 aromatic carbocycles. The molecule has 4 heteroatoms. The lowest BCUT2D eigenvalue weighted by molar-refractivity contribution is -0.121. The fraction of sp³-hybridized carbons (Fsp3) is 0.278. The minimum Gasteiger partial charge on any atom is -0.353 e. The number of hydrogen-bond donors (Lipinski definition) is 1. The van der Waals surface area contributed by atoms with Gasteiger partial charge >= 0.3 is 0 Å². The summed E-state index contributed by atoms with van der Waals surface area (Å²) in [5, 5.41) is 4.05. The van der Waals surface area contributed by atoms with E-state index in [0.717, 1.165) is 12.8 Å². The third-order valence-electron chi connectivity index (χ3n) is 3.52. The van der Waals surface area contributed by atoms with Gasteiger partial charge in [0.15, 0.2) is 0 Å². The van der Waals surface area contributed by atoms with Crippen molar-refractivity contribution in [3.05, 3.63) is 69.7 Å². The summed E-state index contributed by atoms with van der Waals surface area (Å²) in [6.07, 6.45) is 2.04. The number of carbonyl (C=O) groups excluding carboxylic acids is 1. The zero-order chi connectivity index (χ0) is 15.9. The molecule has 0 aromatic heterocycles. The molecule has 116 valence electrons. The average Bonchev–Trinajstić information content (AvgIpc) is 2.50. The Morgan fingerprint density at radius 3 is 2.32 bits per heavy atom. The van der Waals surface area contributed by atoms with Crippen molar-refractivity contribution in [1.82, 2.24) is 5.32 Å². The number of nitrogens with one attached hydrogen (secondary N) is 1. The maximum absolute atomic E-state index is 12.1. The van der Waals surface area contributed by atoms with E-state index in [2.05, 4.69) is 17.4 Å². The van der Waals surface area contributed by atoms with Crippen LogP contribution in [0.25, 0.3) is 0 Å². The molecule has 0 bridgehead atoms. The fourth-order valence-corrected chi connectivity index (χ4v) is 2.82. The van der Waals surface area contributed by atoms with Crippen LogP contribution in [0.1, 0.15) is 24.5 Å². The Labute approximate surface area is 141 Å². The van der Waals surface area contributed by atoms with Crippen LogP contribution < -0.4 is 5.32 Å². The van der Waals surface area contributed by atoms with Crippen LogP contribution in [0.4, 0.5) is 0 Å². The summed E-state index contributed by atoms with van der Waals surface area (Å²) < 4.78 is 0. The van der Waals surface area contributed by atoms with Crippen LogP contribution in [-0.2, 0) is 17.6 Å². The number of carbonyl (C=O) groups is 1. The van der Waals surface area contributed by atoms with E-state index in [1.54, 1.807) is 18.2 Å². The molecule has 0 radical (unpaired) electrons. The van der Waals surface area contributed by atoms with E-state index in [1.807, 2.05) is 25.1 Å². The van der Waals surface area contributed by atoms with Crippen LogP contribution >= 0.6 is 23.2 Å². The minimum atomic E-state index is -0.0597. The quantitative estimate of drug-likeness (QED) is 0.816. The first kappa shape index (κ1) is 16.9. The Balaban J connectivity index is 1.84. The van der Waals surface area contributed by atoms with E-state index in [1.165, 1.54) is 5.56 Å². The SMILES string of the molecule is CC(CCc1ccccc1)NC(=O)Cc1c(Cl)cccc1Cl. The van der Waals surface area contributed by atoms with Crippen molar-refractivity contribution < 1.29 is 4.79 Å². The predicted octanol–water partition coefficient (Wildman–Crippen LogP) is 4.67. The third-order valence-corrected chi connectivity index (χ3v) is 4.22. The second-order valence-corrected chi connectivity index (χ2v) is 6.18. The number of benzene rings is 2. The van der Waals surface area contributed by atoms with Gasteiger partial charge in [0, 0.05) is 16.1 Å². The minimum absolute atomic E-state index is 0.0597. The van der Waals surface area contributed by atoms with Crippen LogP contribution in [-0.4, -0.2) is 11.9 Å². The van der Waals surface area contributed by atoms with Gasteiger partial charge in [0.1, 0.15) is 0 Å². The van der Waals surface area contributed by atoms with Crippen LogP contribution in [0.3, 0.4) is 0 Å². The summed E-state index contributed by atoms with van der Waals surface area (Å²) in [7, 11) is 0. The van der Waals surface area contributed by atoms with Crippen molar-refractivity contribution in [3.8, 4) is 0 Å². The van der Waals surface area contributed by atoms with Gasteiger partial charge < -0.3 is 5.32 Å². The maximum atomic E-state index is 12.1. The molecule has 0 fully saturated rings. The molecule has 0 aliphatic carbocycles. The molecular formula is C18H19Cl2NO. The second kappa shape index (κ2) is 8.21. The zero-order valence-electron chi connectivity index (χ0n) is 12.5. The standard InChI is InChI=1S/C18H19Cl2NO/c1-13(10-11-14-6-3-2-4-7-14)21-18(22)12-15-16(19)8-5-9-17(15)20/h2-9,13H,10-12H2,1H3,(H,21,22). The van der Waals surface area contributed by atoms with Crippen molar-refractivity contribution >= 4 is 29.1 Å². The Kier molecular flexibility index (Phi) is 6.29. The van der Waals surface area contributed by atoms with E-state index in [4.69, 9.17) is 23.2 Å². The molecule has 0 heterocycles. The van der Waals surface area contributed by atoms with Crippen molar-refractivity contribution in [2.24, 2.45) is 0 Å². The highest BCUT2D eigenvalue weighted by Gasteiger charge is 2.12. The summed E-state index contributed by atoms with van der Waals surface area (Å²) in [6.45, 7) is 2.01. The fourth-order valence-electron chi connectivity index (χ4n) is 2.29. The molecule has 1 atom stereocenters. The average molecular weight is 336 g/mol. The Morgan fingerprint density at radius 2 is 1.68 bits per heavy atom. The van der Waals surface area contributed by atoms with Crippen molar-refractivity contribution in [2.75, 3.05) is 0 Å². The topological polar surface area (TPSA) is 29.1 Å². The van der Waals surface area contributed by atoms with E-state index < -0.39 is 0 Å². The monoisotopic (exact) mass is 335 g/mol. The maximum Gasteiger partial charge on any atom is 0.224 e. The molecular weight excluding hydrogens is 317 g/mol. The van der Waals surface area contributed by atoms with Crippen molar-refractivity contribution in [1.29, 1.82) is 0 Å². The highest BCUT2D eigenvalue weighted by Crippen LogP contribution is 2.24. The Morgan fingerprint density at radius 1 is 1.05 bits per heavy atom. The second-order valence-electron chi connectivity index (χ2n) is 5.37. The number of hydrogen-bond acceptors (Lipinski definition) is 1. The van der Waals surface area contributed by atoms with Gasteiger partial charge in [-0.1, -0.05) is 59.6 Å². The first-order chi connectivity index (χ1) is 10.6. The molecule has 1 N–H and O–H groups in total. The Hall–Kier alpha value is -1.51. The Bertz CT molecular complexity index is 608. The van der Waals surface area contributed by atoms with Crippen LogP contribution in [0.15, 0.2) is 48.5 Å². The largest absolute Gasteiger partial charge is 0.353 e. The molecule has 2 aromatic rings. The summed E-state index contributed by atoms with van der Waals surface area (Å²) >= 11 is 12.2. The van der Waals surface area contributed by atoms with Crippen molar-refractivity contribution in [3.63, 3.8) is 0 Å². The van der Waals surface area contributed by atoms with Crippen LogP contribution in [0.2, 0.25) is 10.0 Å². The number of halogens is 2. The van der Waals surface area contributed by atoms with E-state index >= 15 is 0 Å². The third kappa shape index (κ3) is 5.04.